The van der Waals surface area contributed by atoms with Crippen LogP contribution in [0.25, 0.3) is 0 Å². The average molecular weight is 530 g/mol. The van der Waals surface area contributed by atoms with Crippen molar-refractivity contribution in [2.75, 3.05) is 49.7 Å². The fourth-order valence-electron chi connectivity index (χ4n) is 3.24. The summed E-state index contributed by atoms with van der Waals surface area (Å²) in [7, 11) is 4.16. The zero-order valence-corrected chi connectivity index (χ0v) is 23.1. The summed E-state index contributed by atoms with van der Waals surface area (Å²) in [5.74, 6) is 1.66. The smallest absolute Gasteiger partial charge is 0.229 e. The molecule has 0 aliphatic heterocycles. The quantitative estimate of drug-likeness (QED) is 0.140. The Kier molecular flexibility index (Phi) is 10.9. The van der Waals surface area contributed by atoms with Gasteiger partial charge in [-0.05, 0) is 84.0 Å². The van der Waals surface area contributed by atoms with Gasteiger partial charge < -0.3 is 25.6 Å². The summed E-state index contributed by atoms with van der Waals surface area (Å²) >= 11 is 8.00. The Morgan fingerprint density at radius 2 is 1.89 bits per heavy atom. The number of hydrogen-bond acceptors (Lipinski definition) is 9. The van der Waals surface area contributed by atoms with E-state index in [9.17, 15) is 0 Å². The van der Waals surface area contributed by atoms with E-state index in [1.807, 2.05) is 49.4 Å². The van der Waals surface area contributed by atoms with E-state index >= 15 is 0 Å². The highest BCUT2D eigenvalue weighted by Crippen LogP contribution is 2.33. The van der Waals surface area contributed by atoms with Crippen molar-refractivity contribution in [1.82, 2.24) is 19.6 Å². The summed E-state index contributed by atoms with van der Waals surface area (Å²) in [6.07, 6.45) is 2.64. The number of aromatic nitrogens is 2. The van der Waals surface area contributed by atoms with Gasteiger partial charge in [0.2, 0.25) is 5.95 Å². The first-order valence-electron chi connectivity index (χ1n) is 12.1. The molecule has 0 aliphatic rings. The van der Waals surface area contributed by atoms with Crippen LogP contribution in [-0.2, 0) is 0 Å². The molecule has 0 radical (unpaired) electrons. The minimum atomic E-state index is 0.348. The van der Waals surface area contributed by atoms with E-state index in [-0.39, 0.29) is 0 Å². The van der Waals surface area contributed by atoms with Gasteiger partial charge in [0.15, 0.2) is 5.82 Å². The van der Waals surface area contributed by atoms with Crippen LogP contribution in [0.2, 0.25) is 5.02 Å². The van der Waals surface area contributed by atoms with E-state index < -0.39 is 0 Å². The molecule has 0 amide bonds. The number of anilines is 5. The monoisotopic (exact) mass is 529 g/mol. The highest BCUT2D eigenvalue weighted by Gasteiger charge is 2.12. The Hall–Kier alpha value is -2.72. The minimum absolute atomic E-state index is 0.348. The van der Waals surface area contributed by atoms with Crippen molar-refractivity contribution in [3.05, 3.63) is 53.7 Å². The molecule has 0 atom stereocenters. The van der Waals surface area contributed by atoms with Crippen LogP contribution in [-0.4, -0.2) is 54.7 Å². The molecular weight excluding hydrogens is 494 g/mol. The number of rotatable bonds is 14. The van der Waals surface area contributed by atoms with Gasteiger partial charge in [-0.2, -0.15) is 4.98 Å². The molecule has 4 N–H and O–H groups in total. The Morgan fingerprint density at radius 3 is 2.64 bits per heavy atom. The van der Waals surface area contributed by atoms with Crippen molar-refractivity contribution >= 4 is 52.4 Å². The van der Waals surface area contributed by atoms with Crippen molar-refractivity contribution in [2.24, 2.45) is 0 Å². The van der Waals surface area contributed by atoms with Crippen LogP contribution in [0.4, 0.5) is 28.8 Å². The normalized spacial score (nSPS) is 11.1. The molecule has 10 heteroatoms. The van der Waals surface area contributed by atoms with Crippen molar-refractivity contribution < 1.29 is 4.74 Å². The van der Waals surface area contributed by atoms with E-state index in [1.54, 1.807) is 18.1 Å². The van der Waals surface area contributed by atoms with Crippen molar-refractivity contribution in [2.45, 2.75) is 38.1 Å². The highest BCUT2D eigenvalue weighted by molar-refractivity contribution is 7.97. The third-order valence-electron chi connectivity index (χ3n) is 4.93. The lowest BCUT2D eigenvalue weighted by Crippen LogP contribution is -2.16. The first kappa shape index (κ1) is 27.9. The van der Waals surface area contributed by atoms with Gasteiger partial charge in [-0.1, -0.05) is 23.7 Å². The first-order valence-corrected chi connectivity index (χ1v) is 13.3. The third kappa shape index (κ3) is 8.74. The lowest BCUT2D eigenvalue weighted by molar-refractivity contribution is 0.342. The van der Waals surface area contributed by atoms with Crippen LogP contribution >= 0.6 is 23.5 Å². The van der Waals surface area contributed by atoms with Crippen LogP contribution in [0.5, 0.6) is 5.75 Å². The summed E-state index contributed by atoms with van der Waals surface area (Å²) in [5.41, 5.74) is 2.69. The van der Waals surface area contributed by atoms with Crippen molar-refractivity contribution in [3.63, 3.8) is 0 Å². The molecule has 1 heterocycles. The molecule has 0 spiro atoms. The standard InChI is InChI=1S/C26H36ClN7OS/c1-6-35-23-16-19(28-14-9-15-34(4)5)12-13-21(23)31-26-29-17-20(27)25(32-26)30-22-10-7-8-11-24(22)36-33-18(2)3/h7-8,10-13,16-18,28,33H,6,9,14-15H2,1-5H3,(H2,29,30,31,32). The second kappa shape index (κ2) is 14.1. The lowest BCUT2D eigenvalue weighted by Gasteiger charge is -2.16. The maximum atomic E-state index is 6.44. The van der Waals surface area contributed by atoms with E-state index in [1.165, 1.54) is 0 Å². The molecule has 36 heavy (non-hydrogen) atoms. The maximum Gasteiger partial charge on any atom is 0.229 e. The van der Waals surface area contributed by atoms with Gasteiger partial charge >= 0.3 is 0 Å². The molecule has 0 fully saturated rings. The topological polar surface area (TPSA) is 86.4 Å². The van der Waals surface area contributed by atoms with Crippen molar-refractivity contribution in [1.29, 1.82) is 0 Å². The number of nitrogens with one attached hydrogen (secondary N) is 4. The van der Waals surface area contributed by atoms with Gasteiger partial charge in [-0.25, -0.2) is 4.98 Å². The fourth-order valence-corrected chi connectivity index (χ4v) is 4.12. The second-order valence-electron chi connectivity index (χ2n) is 8.74. The van der Waals surface area contributed by atoms with Crippen molar-refractivity contribution in [3.8, 4) is 5.75 Å². The lowest BCUT2D eigenvalue weighted by atomic mass is 10.2. The molecule has 0 unspecified atom stereocenters. The fraction of sp³-hybridized carbons (Fsp3) is 0.385. The third-order valence-corrected chi connectivity index (χ3v) is 6.37. The molecular formula is C26H36ClN7OS. The van der Waals surface area contributed by atoms with E-state index in [0.717, 1.165) is 47.2 Å². The molecule has 8 nitrogen and oxygen atoms in total. The Labute approximate surface area is 223 Å². The molecule has 0 aliphatic carbocycles. The largest absolute Gasteiger partial charge is 0.492 e. The zero-order chi connectivity index (χ0) is 25.9. The van der Waals surface area contributed by atoms with Gasteiger partial charge in [0.1, 0.15) is 10.8 Å². The second-order valence-corrected chi connectivity index (χ2v) is 10.0. The van der Waals surface area contributed by atoms with E-state index in [4.69, 9.17) is 16.3 Å². The van der Waals surface area contributed by atoms with Crippen LogP contribution in [0, 0.1) is 0 Å². The molecule has 3 aromatic rings. The first-order chi connectivity index (χ1) is 17.4. The predicted octanol–water partition coefficient (Wildman–Crippen LogP) is 6.38. The number of benzene rings is 2. The average Bonchev–Trinajstić information content (AvgIpc) is 2.84. The van der Waals surface area contributed by atoms with Gasteiger partial charge in [0, 0.05) is 29.2 Å². The van der Waals surface area contributed by atoms with Crippen LogP contribution < -0.4 is 25.4 Å². The molecule has 0 bridgehead atoms. The highest BCUT2D eigenvalue weighted by atomic mass is 35.5. The molecule has 2 aromatic carbocycles. The number of nitrogens with zero attached hydrogens (tertiary/aromatic N) is 3. The van der Waals surface area contributed by atoms with Crippen LogP contribution in [0.3, 0.4) is 0 Å². The Morgan fingerprint density at radius 1 is 1.08 bits per heavy atom. The number of halogens is 1. The summed E-state index contributed by atoms with van der Waals surface area (Å²) in [6.45, 7) is 8.64. The summed E-state index contributed by atoms with van der Waals surface area (Å²) in [4.78, 5) is 12.2. The van der Waals surface area contributed by atoms with E-state index in [2.05, 4.69) is 63.5 Å². The molecule has 0 saturated heterocycles. The van der Waals surface area contributed by atoms with Crippen LogP contribution in [0.1, 0.15) is 27.2 Å². The SMILES string of the molecule is CCOc1cc(NCCCN(C)C)ccc1Nc1ncc(Cl)c(Nc2ccccc2SNC(C)C)n1. The summed E-state index contributed by atoms with van der Waals surface area (Å²) in [5, 5.41) is 10.5. The number of para-hydroxylation sites is 1. The summed E-state index contributed by atoms with van der Waals surface area (Å²) in [6, 6.07) is 14.3. The van der Waals surface area contributed by atoms with Crippen LogP contribution in [0.15, 0.2) is 53.6 Å². The van der Waals surface area contributed by atoms with Gasteiger partial charge in [0.05, 0.1) is 24.2 Å². The zero-order valence-electron chi connectivity index (χ0n) is 21.6. The molecule has 1 aromatic heterocycles. The number of ether oxygens (including phenoxy) is 1. The minimum Gasteiger partial charge on any atom is -0.492 e. The molecule has 3 rings (SSSR count). The van der Waals surface area contributed by atoms with E-state index in [0.29, 0.717) is 29.4 Å². The predicted molar refractivity (Wildman–Crippen MR) is 153 cm³/mol. The summed E-state index contributed by atoms with van der Waals surface area (Å²) < 4.78 is 9.26. The van der Waals surface area contributed by atoms with Gasteiger partial charge in [0.25, 0.3) is 0 Å². The van der Waals surface area contributed by atoms with Gasteiger partial charge in [-0.3, -0.25) is 4.72 Å². The maximum absolute atomic E-state index is 6.44. The van der Waals surface area contributed by atoms with Gasteiger partial charge in [-0.15, -0.1) is 0 Å². The molecule has 194 valence electrons. The Bertz CT molecular complexity index is 1110. The number of hydrogen-bond donors (Lipinski definition) is 4. The molecule has 0 saturated carbocycles. The Balaban J connectivity index is 1.75.